The van der Waals surface area contributed by atoms with Gasteiger partial charge in [0, 0.05) is 5.75 Å². The zero-order valence-corrected chi connectivity index (χ0v) is 9.71. The molecule has 0 saturated heterocycles. The molecule has 0 unspecified atom stereocenters. The third-order valence-electron chi connectivity index (χ3n) is 2.39. The second-order valence-corrected chi connectivity index (χ2v) is 4.49. The number of hydrogen-bond donors (Lipinski definition) is 0. The molecular formula is C11H13N3S. The van der Waals surface area contributed by atoms with Gasteiger partial charge in [-0.3, -0.25) is 4.99 Å². The summed E-state index contributed by atoms with van der Waals surface area (Å²) in [5.74, 6) is 1.03. The summed E-state index contributed by atoms with van der Waals surface area (Å²) in [7, 11) is 0. The Morgan fingerprint density at radius 2 is 2.13 bits per heavy atom. The summed E-state index contributed by atoms with van der Waals surface area (Å²) in [5, 5.41) is 9.16. The molecule has 0 atom stereocenters. The SMILES string of the molecule is Cc1cccc(N=NC2=NCCS2)c1C. The minimum absolute atomic E-state index is 0.802. The lowest BCUT2D eigenvalue weighted by molar-refractivity contribution is 1.15. The van der Waals surface area contributed by atoms with Crippen LogP contribution in [-0.4, -0.2) is 17.5 Å². The first kappa shape index (κ1) is 10.4. The molecule has 1 aliphatic heterocycles. The van der Waals surface area contributed by atoms with E-state index in [0.29, 0.717) is 0 Å². The third kappa shape index (κ3) is 2.45. The summed E-state index contributed by atoms with van der Waals surface area (Å²) < 4.78 is 0. The van der Waals surface area contributed by atoms with Crippen LogP contribution in [-0.2, 0) is 0 Å². The molecule has 0 fully saturated rings. The van der Waals surface area contributed by atoms with Crippen molar-refractivity contribution >= 4 is 22.6 Å². The van der Waals surface area contributed by atoms with Gasteiger partial charge in [-0.25, -0.2) is 0 Å². The van der Waals surface area contributed by atoms with Crippen molar-refractivity contribution in [2.75, 3.05) is 12.3 Å². The minimum Gasteiger partial charge on any atom is -0.258 e. The van der Waals surface area contributed by atoms with Crippen LogP contribution in [0.25, 0.3) is 0 Å². The summed E-state index contributed by atoms with van der Waals surface area (Å²) in [6.45, 7) is 5.01. The van der Waals surface area contributed by atoms with Crippen molar-refractivity contribution < 1.29 is 0 Å². The van der Waals surface area contributed by atoms with Crippen LogP contribution < -0.4 is 0 Å². The molecule has 0 saturated carbocycles. The van der Waals surface area contributed by atoms with E-state index in [1.165, 1.54) is 11.1 Å². The maximum absolute atomic E-state index is 4.22. The highest BCUT2D eigenvalue weighted by atomic mass is 32.2. The number of azo groups is 1. The van der Waals surface area contributed by atoms with Gasteiger partial charge in [-0.1, -0.05) is 23.9 Å². The number of aliphatic imine (C=N–C) groups is 1. The Kier molecular flexibility index (Phi) is 3.16. The third-order valence-corrected chi connectivity index (χ3v) is 3.24. The van der Waals surface area contributed by atoms with Crippen LogP contribution in [0.1, 0.15) is 11.1 Å². The highest BCUT2D eigenvalue weighted by Gasteiger charge is 2.05. The van der Waals surface area contributed by atoms with E-state index in [1.54, 1.807) is 11.8 Å². The Morgan fingerprint density at radius 3 is 2.87 bits per heavy atom. The molecule has 78 valence electrons. The standard InChI is InChI=1S/C11H13N3S/c1-8-4-3-5-10(9(8)2)13-14-11-12-6-7-15-11/h3-5H,6-7H2,1-2H3. The smallest absolute Gasteiger partial charge is 0.204 e. The van der Waals surface area contributed by atoms with Crippen LogP contribution >= 0.6 is 11.8 Å². The minimum atomic E-state index is 0.802. The predicted molar refractivity (Wildman–Crippen MR) is 65.2 cm³/mol. The quantitative estimate of drug-likeness (QED) is 0.666. The molecule has 3 nitrogen and oxygen atoms in total. The highest BCUT2D eigenvalue weighted by Crippen LogP contribution is 2.23. The van der Waals surface area contributed by atoms with Gasteiger partial charge in [0.1, 0.15) is 0 Å². The van der Waals surface area contributed by atoms with Gasteiger partial charge in [-0.2, -0.15) is 0 Å². The van der Waals surface area contributed by atoms with E-state index in [1.807, 2.05) is 12.1 Å². The monoisotopic (exact) mass is 219 g/mol. The molecule has 1 heterocycles. The van der Waals surface area contributed by atoms with Crippen molar-refractivity contribution in [1.29, 1.82) is 0 Å². The first-order valence-electron chi connectivity index (χ1n) is 4.92. The van der Waals surface area contributed by atoms with Gasteiger partial charge in [0.2, 0.25) is 5.17 Å². The fourth-order valence-electron chi connectivity index (χ4n) is 1.32. The first-order chi connectivity index (χ1) is 7.27. The topological polar surface area (TPSA) is 37.1 Å². The fraction of sp³-hybridized carbons (Fsp3) is 0.364. The molecule has 0 amide bonds. The van der Waals surface area contributed by atoms with Crippen molar-refractivity contribution in [3.8, 4) is 0 Å². The number of thioether (sulfide) groups is 1. The van der Waals surface area contributed by atoms with Gasteiger partial charge in [0.05, 0.1) is 12.2 Å². The summed E-state index contributed by atoms with van der Waals surface area (Å²) in [5.41, 5.74) is 3.36. The molecule has 2 rings (SSSR count). The lowest BCUT2D eigenvalue weighted by atomic mass is 10.1. The van der Waals surface area contributed by atoms with E-state index in [4.69, 9.17) is 0 Å². The molecule has 4 heteroatoms. The van der Waals surface area contributed by atoms with E-state index in [2.05, 4.69) is 35.1 Å². The largest absolute Gasteiger partial charge is 0.258 e. The Morgan fingerprint density at radius 1 is 1.27 bits per heavy atom. The molecule has 0 aromatic heterocycles. The number of amidine groups is 1. The van der Waals surface area contributed by atoms with Gasteiger partial charge in [0.15, 0.2) is 0 Å². The van der Waals surface area contributed by atoms with Crippen LogP contribution in [0.2, 0.25) is 0 Å². The lowest BCUT2D eigenvalue weighted by Gasteiger charge is -2.01. The zero-order chi connectivity index (χ0) is 10.7. The van der Waals surface area contributed by atoms with E-state index in [0.717, 1.165) is 23.2 Å². The van der Waals surface area contributed by atoms with Crippen LogP contribution in [0.3, 0.4) is 0 Å². The van der Waals surface area contributed by atoms with Crippen molar-refractivity contribution in [1.82, 2.24) is 0 Å². The normalized spacial score (nSPS) is 16.0. The molecule has 1 aliphatic rings. The number of rotatable bonds is 1. The highest BCUT2D eigenvalue weighted by molar-refractivity contribution is 8.14. The molecule has 15 heavy (non-hydrogen) atoms. The van der Waals surface area contributed by atoms with E-state index >= 15 is 0 Å². The van der Waals surface area contributed by atoms with Gasteiger partial charge in [0.25, 0.3) is 0 Å². The summed E-state index contributed by atoms with van der Waals surface area (Å²) in [4.78, 5) is 4.22. The lowest BCUT2D eigenvalue weighted by Crippen LogP contribution is -1.82. The predicted octanol–water partition coefficient (Wildman–Crippen LogP) is 3.49. The molecule has 1 aromatic rings. The summed E-state index contributed by atoms with van der Waals surface area (Å²) in [6.07, 6.45) is 0. The van der Waals surface area contributed by atoms with Crippen molar-refractivity contribution in [2.45, 2.75) is 13.8 Å². The Bertz CT molecular complexity index is 424. The van der Waals surface area contributed by atoms with Crippen LogP contribution in [0.5, 0.6) is 0 Å². The Balaban J connectivity index is 2.20. The molecule has 0 spiro atoms. The summed E-state index contributed by atoms with van der Waals surface area (Å²) >= 11 is 1.66. The number of benzene rings is 1. The van der Waals surface area contributed by atoms with Crippen molar-refractivity contribution in [3.05, 3.63) is 29.3 Å². The molecule has 0 bridgehead atoms. The van der Waals surface area contributed by atoms with Crippen molar-refractivity contribution in [3.63, 3.8) is 0 Å². The first-order valence-corrected chi connectivity index (χ1v) is 5.91. The number of nitrogens with zero attached hydrogens (tertiary/aromatic N) is 3. The van der Waals surface area contributed by atoms with Crippen LogP contribution in [0.4, 0.5) is 5.69 Å². The molecule has 0 N–H and O–H groups in total. The zero-order valence-electron chi connectivity index (χ0n) is 8.90. The Labute approximate surface area is 93.7 Å². The molecular weight excluding hydrogens is 206 g/mol. The van der Waals surface area contributed by atoms with Gasteiger partial charge < -0.3 is 0 Å². The van der Waals surface area contributed by atoms with Crippen LogP contribution in [0, 0.1) is 13.8 Å². The molecule has 1 aromatic carbocycles. The number of hydrogen-bond acceptors (Lipinski definition) is 4. The maximum Gasteiger partial charge on any atom is 0.204 e. The second kappa shape index (κ2) is 4.57. The van der Waals surface area contributed by atoms with E-state index < -0.39 is 0 Å². The average Bonchev–Trinajstić information content (AvgIpc) is 2.73. The van der Waals surface area contributed by atoms with Gasteiger partial charge >= 0.3 is 0 Å². The fourth-order valence-corrected chi connectivity index (χ4v) is 1.97. The summed E-state index contributed by atoms with van der Waals surface area (Å²) in [6, 6.07) is 6.06. The van der Waals surface area contributed by atoms with Crippen molar-refractivity contribution in [2.24, 2.45) is 15.2 Å². The van der Waals surface area contributed by atoms with Gasteiger partial charge in [-0.05, 0) is 31.0 Å². The molecule has 0 radical (unpaired) electrons. The Hall–Kier alpha value is -1.16. The van der Waals surface area contributed by atoms with E-state index in [9.17, 15) is 0 Å². The average molecular weight is 219 g/mol. The van der Waals surface area contributed by atoms with Gasteiger partial charge in [-0.15, -0.1) is 10.2 Å². The maximum atomic E-state index is 4.22. The van der Waals surface area contributed by atoms with Crippen LogP contribution in [0.15, 0.2) is 33.4 Å². The second-order valence-electron chi connectivity index (χ2n) is 3.43. The van der Waals surface area contributed by atoms with E-state index in [-0.39, 0.29) is 0 Å². The molecule has 0 aliphatic carbocycles. The number of aryl methyl sites for hydroxylation is 1.